The van der Waals surface area contributed by atoms with Crippen LogP contribution in [0.3, 0.4) is 0 Å². The maximum Gasteiger partial charge on any atom is 0.191 e. The second-order valence-corrected chi connectivity index (χ2v) is 4.44. The smallest absolute Gasteiger partial charge is 0.191 e. The second kappa shape index (κ2) is 5.91. The van der Waals surface area contributed by atoms with Gasteiger partial charge in [0.15, 0.2) is 5.96 Å². The minimum atomic E-state index is 0.0784. The summed E-state index contributed by atoms with van der Waals surface area (Å²) in [7, 11) is 0. The van der Waals surface area contributed by atoms with Gasteiger partial charge >= 0.3 is 0 Å². The van der Waals surface area contributed by atoms with E-state index in [4.69, 9.17) is 17.2 Å². The summed E-state index contributed by atoms with van der Waals surface area (Å²) >= 11 is 0. The van der Waals surface area contributed by atoms with Crippen LogP contribution in [0.2, 0.25) is 0 Å². The summed E-state index contributed by atoms with van der Waals surface area (Å²) in [5.41, 5.74) is 20.4. The van der Waals surface area contributed by atoms with E-state index in [1.54, 1.807) is 0 Å². The maximum atomic E-state index is 5.66. The Hall–Kier alpha value is -2.49. The fraction of sp³-hybridized carbons (Fsp3) is 0.133. The molecule has 6 N–H and O–H groups in total. The van der Waals surface area contributed by atoms with Gasteiger partial charge in [0.05, 0.1) is 5.69 Å². The Morgan fingerprint density at radius 2 is 1.26 bits per heavy atom. The lowest BCUT2D eigenvalue weighted by Gasteiger charge is -2.03. The Kier molecular flexibility index (Phi) is 4.03. The zero-order chi connectivity index (χ0) is 13.7. The van der Waals surface area contributed by atoms with Crippen LogP contribution in [0.4, 0.5) is 11.4 Å². The minimum Gasteiger partial charge on any atom is -0.399 e. The van der Waals surface area contributed by atoms with Crippen molar-refractivity contribution in [3.8, 4) is 0 Å². The molecule has 0 heterocycles. The van der Waals surface area contributed by atoms with Gasteiger partial charge in [-0.25, -0.2) is 4.99 Å². The van der Waals surface area contributed by atoms with Crippen LogP contribution >= 0.6 is 0 Å². The molecule has 0 bridgehead atoms. The summed E-state index contributed by atoms with van der Waals surface area (Å²) in [6.07, 6.45) is 1.97. The fourth-order valence-electron chi connectivity index (χ4n) is 1.86. The number of anilines is 1. The van der Waals surface area contributed by atoms with E-state index in [-0.39, 0.29) is 5.96 Å². The summed E-state index contributed by atoms with van der Waals surface area (Å²) < 4.78 is 0. The third kappa shape index (κ3) is 4.03. The van der Waals surface area contributed by atoms with Gasteiger partial charge in [0.25, 0.3) is 0 Å². The molecule has 0 amide bonds. The van der Waals surface area contributed by atoms with Crippen LogP contribution in [0, 0.1) is 0 Å². The van der Waals surface area contributed by atoms with Gasteiger partial charge in [-0.1, -0.05) is 24.3 Å². The van der Waals surface area contributed by atoms with Crippen molar-refractivity contribution >= 4 is 17.3 Å². The first-order valence-electron chi connectivity index (χ1n) is 6.16. The van der Waals surface area contributed by atoms with E-state index in [2.05, 4.69) is 17.1 Å². The van der Waals surface area contributed by atoms with Gasteiger partial charge in [-0.3, -0.25) is 0 Å². The molecule has 0 atom stereocenters. The number of nitrogen functional groups attached to an aromatic ring is 1. The molecule has 0 spiro atoms. The summed E-state index contributed by atoms with van der Waals surface area (Å²) in [4.78, 5) is 3.99. The first-order valence-corrected chi connectivity index (χ1v) is 6.16. The van der Waals surface area contributed by atoms with E-state index in [1.165, 1.54) is 11.1 Å². The molecule has 0 fully saturated rings. The molecule has 0 unspecified atom stereocenters. The molecule has 0 aliphatic heterocycles. The minimum absolute atomic E-state index is 0.0784. The van der Waals surface area contributed by atoms with Gasteiger partial charge in [0, 0.05) is 5.69 Å². The average molecular weight is 254 g/mol. The van der Waals surface area contributed by atoms with Crippen molar-refractivity contribution in [1.29, 1.82) is 0 Å². The highest BCUT2D eigenvalue weighted by atomic mass is 15.0. The standard InChI is InChI=1S/C15H18N4/c16-13-7-3-11(4-8-13)1-2-12-5-9-14(10-6-12)19-15(17)18/h3-10H,1-2,16H2,(H4,17,18,19). The molecule has 0 saturated heterocycles. The fourth-order valence-corrected chi connectivity index (χ4v) is 1.86. The molecule has 0 radical (unpaired) electrons. The number of benzene rings is 2. The summed E-state index contributed by atoms with van der Waals surface area (Å²) in [5.74, 6) is 0.0784. The molecule has 0 aliphatic rings. The van der Waals surface area contributed by atoms with E-state index in [9.17, 15) is 0 Å². The van der Waals surface area contributed by atoms with Crippen molar-refractivity contribution in [3.05, 3.63) is 59.7 Å². The van der Waals surface area contributed by atoms with Gasteiger partial charge in [-0.15, -0.1) is 0 Å². The average Bonchev–Trinajstić information content (AvgIpc) is 2.39. The van der Waals surface area contributed by atoms with Gasteiger partial charge in [0.2, 0.25) is 0 Å². The summed E-state index contributed by atoms with van der Waals surface area (Å²) in [5, 5.41) is 0. The molecule has 4 heteroatoms. The Balaban J connectivity index is 1.96. The highest BCUT2D eigenvalue weighted by molar-refractivity contribution is 5.78. The van der Waals surface area contributed by atoms with Crippen LogP contribution in [0.15, 0.2) is 53.5 Å². The van der Waals surface area contributed by atoms with Gasteiger partial charge < -0.3 is 17.2 Å². The van der Waals surface area contributed by atoms with E-state index in [1.807, 2.05) is 36.4 Å². The lowest BCUT2D eigenvalue weighted by Crippen LogP contribution is -2.21. The van der Waals surface area contributed by atoms with E-state index >= 15 is 0 Å². The number of nitrogens with zero attached hydrogens (tertiary/aromatic N) is 1. The van der Waals surface area contributed by atoms with Crippen molar-refractivity contribution in [2.75, 3.05) is 5.73 Å². The zero-order valence-corrected chi connectivity index (χ0v) is 10.7. The number of aryl methyl sites for hydroxylation is 2. The van der Waals surface area contributed by atoms with Gasteiger partial charge in [-0.05, 0) is 48.2 Å². The Bertz CT molecular complexity index is 552. The summed E-state index contributed by atoms with van der Waals surface area (Å²) in [6, 6.07) is 15.9. The number of guanidine groups is 1. The number of aliphatic imine (C=N–C) groups is 1. The Morgan fingerprint density at radius 1 is 0.789 bits per heavy atom. The lowest BCUT2D eigenvalue weighted by atomic mass is 10.0. The third-order valence-electron chi connectivity index (χ3n) is 2.88. The molecule has 2 aromatic rings. The molecule has 0 aromatic heterocycles. The van der Waals surface area contributed by atoms with Crippen LogP contribution < -0.4 is 17.2 Å². The molecule has 0 aliphatic carbocycles. The molecule has 19 heavy (non-hydrogen) atoms. The highest BCUT2D eigenvalue weighted by Gasteiger charge is 1.97. The summed E-state index contributed by atoms with van der Waals surface area (Å²) in [6.45, 7) is 0. The molecule has 0 saturated carbocycles. The van der Waals surface area contributed by atoms with Gasteiger partial charge in [-0.2, -0.15) is 0 Å². The topological polar surface area (TPSA) is 90.4 Å². The first-order chi connectivity index (χ1) is 9.13. The zero-order valence-electron chi connectivity index (χ0n) is 10.7. The predicted molar refractivity (Wildman–Crippen MR) is 80.2 cm³/mol. The highest BCUT2D eigenvalue weighted by Crippen LogP contribution is 2.15. The molecule has 2 aromatic carbocycles. The molecular formula is C15H18N4. The molecule has 4 nitrogen and oxygen atoms in total. The lowest BCUT2D eigenvalue weighted by molar-refractivity contribution is 0.960. The van der Waals surface area contributed by atoms with Crippen LogP contribution in [0.5, 0.6) is 0 Å². The predicted octanol–water partition coefficient (Wildman–Crippen LogP) is 1.96. The number of rotatable bonds is 4. The molecule has 98 valence electrons. The van der Waals surface area contributed by atoms with Crippen molar-refractivity contribution in [1.82, 2.24) is 0 Å². The number of nitrogens with two attached hydrogens (primary N) is 3. The van der Waals surface area contributed by atoms with Crippen molar-refractivity contribution in [2.24, 2.45) is 16.5 Å². The normalized spacial score (nSPS) is 10.1. The number of hydrogen-bond acceptors (Lipinski definition) is 2. The third-order valence-corrected chi connectivity index (χ3v) is 2.88. The van der Waals surface area contributed by atoms with E-state index < -0.39 is 0 Å². The van der Waals surface area contributed by atoms with Crippen LogP contribution in [-0.2, 0) is 12.8 Å². The molecular weight excluding hydrogens is 236 g/mol. The van der Waals surface area contributed by atoms with Crippen molar-refractivity contribution in [2.45, 2.75) is 12.8 Å². The molecule has 2 rings (SSSR count). The largest absolute Gasteiger partial charge is 0.399 e. The second-order valence-electron chi connectivity index (χ2n) is 4.44. The van der Waals surface area contributed by atoms with Gasteiger partial charge in [0.1, 0.15) is 0 Å². The SMILES string of the molecule is NC(N)=Nc1ccc(CCc2ccc(N)cc2)cc1. The van der Waals surface area contributed by atoms with Crippen molar-refractivity contribution in [3.63, 3.8) is 0 Å². The Morgan fingerprint density at radius 3 is 1.74 bits per heavy atom. The van der Waals surface area contributed by atoms with E-state index in [0.29, 0.717) is 0 Å². The van der Waals surface area contributed by atoms with Crippen LogP contribution in [0.25, 0.3) is 0 Å². The first kappa shape index (κ1) is 13.0. The van der Waals surface area contributed by atoms with Crippen molar-refractivity contribution < 1.29 is 0 Å². The quantitative estimate of drug-likeness (QED) is 0.442. The van der Waals surface area contributed by atoms with E-state index in [0.717, 1.165) is 24.2 Å². The maximum absolute atomic E-state index is 5.66. The number of hydrogen-bond donors (Lipinski definition) is 3. The monoisotopic (exact) mass is 254 g/mol. The van der Waals surface area contributed by atoms with Crippen LogP contribution in [-0.4, -0.2) is 5.96 Å². The Labute approximate surface area is 112 Å². The van der Waals surface area contributed by atoms with Crippen LogP contribution in [0.1, 0.15) is 11.1 Å².